The van der Waals surface area contributed by atoms with Gasteiger partial charge in [-0.25, -0.2) is 4.79 Å². The second kappa shape index (κ2) is 7.51. The number of likely N-dealkylation sites (tertiary alicyclic amines) is 1. The Morgan fingerprint density at radius 2 is 1.92 bits per heavy atom. The lowest BCUT2D eigenvalue weighted by Crippen LogP contribution is -2.41. The molecule has 5 nitrogen and oxygen atoms in total. The molecule has 0 spiro atoms. The molecule has 24 heavy (non-hydrogen) atoms. The van der Waals surface area contributed by atoms with E-state index in [0.29, 0.717) is 13.1 Å². The molecule has 2 rings (SSSR count). The van der Waals surface area contributed by atoms with E-state index in [-0.39, 0.29) is 11.9 Å². The van der Waals surface area contributed by atoms with Gasteiger partial charge in [0.25, 0.3) is 0 Å². The molecule has 1 fully saturated rings. The monoisotopic (exact) mass is 330 g/mol. The Labute approximate surface area is 143 Å². The van der Waals surface area contributed by atoms with Gasteiger partial charge in [-0.3, -0.25) is 4.79 Å². The summed E-state index contributed by atoms with van der Waals surface area (Å²) < 4.78 is 5.25. The highest BCUT2D eigenvalue weighted by molar-refractivity contribution is 5.95. The first-order valence-corrected chi connectivity index (χ1v) is 8.27. The van der Waals surface area contributed by atoms with E-state index >= 15 is 0 Å². The van der Waals surface area contributed by atoms with Crippen molar-refractivity contribution in [3.63, 3.8) is 0 Å². The van der Waals surface area contributed by atoms with Crippen LogP contribution in [0, 0.1) is 0 Å². The summed E-state index contributed by atoms with van der Waals surface area (Å²) in [6.45, 7) is 8.56. The number of alkyl carbamates (subject to hydrolysis) is 1. The Kier molecular flexibility index (Phi) is 5.65. The van der Waals surface area contributed by atoms with Crippen LogP contribution in [0.4, 0.5) is 4.79 Å². The Bertz CT molecular complexity index is 617. The standard InChI is InChI=1S/C19H26N2O3/c1-14(15-8-6-5-7-9-15)12-17(22)21-11-10-16(13-21)20-18(23)24-19(2,3)4/h5-9,12,16H,10-11,13H2,1-4H3,(H,20,23)/t16-/m0/s1. The van der Waals surface area contributed by atoms with Crippen molar-refractivity contribution in [1.29, 1.82) is 0 Å². The van der Waals surface area contributed by atoms with Gasteiger partial charge in [0.15, 0.2) is 0 Å². The largest absolute Gasteiger partial charge is 0.444 e. The summed E-state index contributed by atoms with van der Waals surface area (Å²) in [4.78, 5) is 26.0. The predicted octanol–water partition coefficient (Wildman–Crippen LogP) is 3.22. The van der Waals surface area contributed by atoms with Crippen molar-refractivity contribution in [3.05, 3.63) is 42.0 Å². The molecule has 0 aliphatic carbocycles. The number of carbonyl (C=O) groups is 2. The molecule has 1 atom stereocenters. The van der Waals surface area contributed by atoms with E-state index in [9.17, 15) is 9.59 Å². The molecular weight excluding hydrogens is 304 g/mol. The van der Waals surface area contributed by atoms with Crippen LogP contribution in [0.1, 0.15) is 39.7 Å². The van der Waals surface area contributed by atoms with Crippen LogP contribution in [0.2, 0.25) is 0 Å². The maximum absolute atomic E-state index is 12.4. The highest BCUT2D eigenvalue weighted by Gasteiger charge is 2.28. The number of allylic oxidation sites excluding steroid dienone is 1. The van der Waals surface area contributed by atoms with Crippen LogP contribution in [-0.4, -0.2) is 41.6 Å². The molecule has 1 aliphatic rings. The summed E-state index contributed by atoms with van der Waals surface area (Å²) in [5.74, 6) is -0.0233. The SMILES string of the molecule is CC(=CC(=O)N1CC[C@H](NC(=O)OC(C)(C)C)C1)c1ccccc1. The Hall–Kier alpha value is -2.30. The van der Waals surface area contributed by atoms with E-state index < -0.39 is 11.7 Å². The zero-order valence-electron chi connectivity index (χ0n) is 14.8. The van der Waals surface area contributed by atoms with E-state index in [1.807, 2.05) is 58.0 Å². The molecule has 0 unspecified atom stereocenters. The lowest BCUT2D eigenvalue weighted by molar-refractivity contribution is -0.125. The zero-order chi connectivity index (χ0) is 17.7. The van der Waals surface area contributed by atoms with Crippen LogP contribution in [0.15, 0.2) is 36.4 Å². The van der Waals surface area contributed by atoms with Gasteiger partial charge in [0.2, 0.25) is 5.91 Å². The van der Waals surface area contributed by atoms with Crippen molar-refractivity contribution in [2.24, 2.45) is 0 Å². The highest BCUT2D eigenvalue weighted by Crippen LogP contribution is 2.16. The summed E-state index contributed by atoms with van der Waals surface area (Å²) in [6.07, 6.45) is 1.96. The molecule has 1 aliphatic heterocycles. The molecule has 0 aromatic heterocycles. The molecule has 1 aromatic rings. The summed E-state index contributed by atoms with van der Waals surface area (Å²) in [5, 5.41) is 2.83. The predicted molar refractivity (Wildman–Crippen MR) is 94.4 cm³/mol. The van der Waals surface area contributed by atoms with Gasteiger partial charge in [0, 0.05) is 19.2 Å². The van der Waals surface area contributed by atoms with Crippen molar-refractivity contribution in [1.82, 2.24) is 10.2 Å². The van der Waals surface area contributed by atoms with Crippen molar-refractivity contribution in [3.8, 4) is 0 Å². The normalized spacial score (nSPS) is 18.4. The van der Waals surface area contributed by atoms with Crippen LogP contribution in [0.5, 0.6) is 0 Å². The fraction of sp³-hybridized carbons (Fsp3) is 0.474. The highest BCUT2D eigenvalue weighted by atomic mass is 16.6. The number of hydrogen-bond acceptors (Lipinski definition) is 3. The third kappa shape index (κ3) is 5.41. The van der Waals surface area contributed by atoms with Gasteiger partial charge in [0.1, 0.15) is 5.60 Å². The van der Waals surface area contributed by atoms with Gasteiger partial charge in [-0.1, -0.05) is 30.3 Å². The van der Waals surface area contributed by atoms with Crippen LogP contribution in [0.25, 0.3) is 5.57 Å². The van der Waals surface area contributed by atoms with E-state index in [2.05, 4.69) is 5.32 Å². The molecule has 130 valence electrons. The minimum Gasteiger partial charge on any atom is -0.444 e. The maximum atomic E-state index is 12.4. The summed E-state index contributed by atoms with van der Waals surface area (Å²) in [5.41, 5.74) is 1.45. The molecule has 0 radical (unpaired) electrons. The third-order valence-corrected chi connectivity index (χ3v) is 3.79. The number of rotatable bonds is 3. The van der Waals surface area contributed by atoms with E-state index in [1.165, 1.54) is 0 Å². The van der Waals surface area contributed by atoms with Gasteiger partial charge in [-0.2, -0.15) is 0 Å². The smallest absolute Gasteiger partial charge is 0.407 e. The molecule has 1 heterocycles. The molecule has 1 saturated heterocycles. The van der Waals surface area contributed by atoms with E-state index in [4.69, 9.17) is 4.74 Å². The Balaban J connectivity index is 1.89. The van der Waals surface area contributed by atoms with Gasteiger partial charge >= 0.3 is 6.09 Å². The number of carbonyl (C=O) groups excluding carboxylic acids is 2. The number of amides is 2. The molecule has 0 bridgehead atoms. The van der Waals surface area contributed by atoms with Crippen molar-refractivity contribution in [2.75, 3.05) is 13.1 Å². The molecule has 1 N–H and O–H groups in total. The van der Waals surface area contributed by atoms with Gasteiger partial charge in [-0.05, 0) is 45.3 Å². The topological polar surface area (TPSA) is 58.6 Å². The second-order valence-corrected chi connectivity index (χ2v) is 7.11. The molecule has 5 heteroatoms. The average molecular weight is 330 g/mol. The minimum absolute atomic E-state index is 0.0233. The first-order chi connectivity index (χ1) is 11.2. The number of nitrogens with one attached hydrogen (secondary N) is 1. The zero-order valence-corrected chi connectivity index (χ0v) is 14.8. The van der Waals surface area contributed by atoms with Crippen LogP contribution < -0.4 is 5.32 Å². The molecule has 0 saturated carbocycles. The summed E-state index contributed by atoms with van der Waals surface area (Å²) in [7, 11) is 0. The second-order valence-electron chi connectivity index (χ2n) is 7.11. The number of nitrogens with zero attached hydrogens (tertiary/aromatic N) is 1. The Morgan fingerprint density at radius 3 is 2.54 bits per heavy atom. The third-order valence-electron chi connectivity index (χ3n) is 3.79. The molecule has 1 aromatic carbocycles. The summed E-state index contributed by atoms with van der Waals surface area (Å²) in [6, 6.07) is 9.76. The Morgan fingerprint density at radius 1 is 1.25 bits per heavy atom. The van der Waals surface area contributed by atoms with Gasteiger partial charge in [0.05, 0.1) is 6.04 Å². The fourth-order valence-electron chi connectivity index (χ4n) is 2.61. The lowest BCUT2D eigenvalue weighted by Gasteiger charge is -2.22. The minimum atomic E-state index is -0.520. The fourth-order valence-corrected chi connectivity index (χ4v) is 2.61. The number of ether oxygens (including phenoxy) is 1. The first kappa shape index (κ1) is 18.0. The molecule has 2 amide bonds. The maximum Gasteiger partial charge on any atom is 0.407 e. The molecular formula is C19H26N2O3. The lowest BCUT2D eigenvalue weighted by atomic mass is 10.1. The van der Waals surface area contributed by atoms with Crippen molar-refractivity contribution >= 4 is 17.6 Å². The van der Waals surface area contributed by atoms with Crippen LogP contribution >= 0.6 is 0 Å². The first-order valence-electron chi connectivity index (χ1n) is 8.27. The van der Waals surface area contributed by atoms with Crippen molar-refractivity contribution < 1.29 is 14.3 Å². The van der Waals surface area contributed by atoms with Crippen LogP contribution in [-0.2, 0) is 9.53 Å². The van der Waals surface area contributed by atoms with E-state index in [1.54, 1.807) is 11.0 Å². The quantitative estimate of drug-likeness (QED) is 0.866. The van der Waals surface area contributed by atoms with Crippen LogP contribution in [0.3, 0.4) is 0 Å². The van der Waals surface area contributed by atoms with E-state index in [0.717, 1.165) is 17.6 Å². The number of hydrogen-bond donors (Lipinski definition) is 1. The number of benzene rings is 1. The van der Waals surface area contributed by atoms with Gasteiger partial charge < -0.3 is 15.0 Å². The van der Waals surface area contributed by atoms with Gasteiger partial charge in [-0.15, -0.1) is 0 Å². The van der Waals surface area contributed by atoms with Crippen molar-refractivity contribution in [2.45, 2.75) is 45.8 Å². The average Bonchev–Trinajstić information content (AvgIpc) is 2.94. The summed E-state index contributed by atoms with van der Waals surface area (Å²) >= 11 is 0.